The Morgan fingerprint density at radius 2 is 1.94 bits per heavy atom. The van der Waals surface area contributed by atoms with Crippen molar-refractivity contribution in [1.29, 1.82) is 0 Å². The van der Waals surface area contributed by atoms with E-state index < -0.39 is 0 Å². The van der Waals surface area contributed by atoms with Crippen molar-refractivity contribution >= 4 is 34.1 Å². The lowest BCUT2D eigenvalue weighted by molar-refractivity contribution is 0.101. The van der Waals surface area contributed by atoms with Gasteiger partial charge < -0.3 is 20.4 Å². The van der Waals surface area contributed by atoms with Crippen molar-refractivity contribution in [2.75, 3.05) is 26.0 Å². The van der Waals surface area contributed by atoms with E-state index in [1.54, 1.807) is 25.3 Å². The molecule has 3 aromatic rings. The number of fused-ring (bicyclic) bond motifs is 1. The number of halogens is 1. The van der Waals surface area contributed by atoms with Crippen LogP contribution in [0.5, 0.6) is 5.75 Å². The first-order valence-corrected chi connectivity index (χ1v) is 12.0. The quantitative estimate of drug-likeness (QED) is 0.412. The molecule has 0 aliphatic heterocycles. The summed E-state index contributed by atoms with van der Waals surface area (Å²) in [5.41, 5.74) is 4.14. The molecule has 34 heavy (non-hydrogen) atoms. The summed E-state index contributed by atoms with van der Waals surface area (Å²) < 4.78 is 0. The molecule has 4 rings (SSSR count). The van der Waals surface area contributed by atoms with Gasteiger partial charge in [0.05, 0.1) is 34.1 Å². The fourth-order valence-electron chi connectivity index (χ4n) is 4.77. The largest absolute Gasteiger partial charge is 0.506 e. The molecule has 1 aliphatic carbocycles. The normalized spacial score (nSPS) is 18.4. The van der Waals surface area contributed by atoms with Crippen molar-refractivity contribution in [3.8, 4) is 17.0 Å². The summed E-state index contributed by atoms with van der Waals surface area (Å²) in [6, 6.07) is 7.22. The van der Waals surface area contributed by atoms with Crippen LogP contribution in [0.3, 0.4) is 0 Å². The van der Waals surface area contributed by atoms with E-state index in [0.717, 1.165) is 32.2 Å². The van der Waals surface area contributed by atoms with Crippen LogP contribution in [0.15, 0.2) is 30.5 Å². The molecule has 0 amide bonds. The lowest BCUT2D eigenvalue weighted by Gasteiger charge is -2.31. The van der Waals surface area contributed by atoms with E-state index in [4.69, 9.17) is 16.6 Å². The number of pyridine rings is 2. The van der Waals surface area contributed by atoms with Crippen LogP contribution >= 0.6 is 11.6 Å². The molecule has 1 aromatic carbocycles. The molecule has 0 atom stereocenters. The van der Waals surface area contributed by atoms with Crippen LogP contribution in [0, 0.1) is 5.92 Å². The van der Waals surface area contributed by atoms with Crippen molar-refractivity contribution < 1.29 is 15.0 Å². The topological polar surface area (TPSA) is 98.6 Å². The number of aliphatic hydroxyl groups excluding tert-OH is 1. The van der Waals surface area contributed by atoms with E-state index >= 15 is 0 Å². The van der Waals surface area contributed by atoms with Crippen LogP contribution in [0.4, 0.5) is 5.69 Å². The van der Waals surface area contributed by atoms with Gasteiger partial charge in [0.1, 0.15) is 11.3 Å². The van der Waals surface area contributed by atoms with E-state index in [1.165, 1.54) is 0 Å². The van der Waals surface area contributed by atoms with Crippen LogP contribution in [0.1, 0.15) is 48.5 Å². The third-order valence-corrected chi connectivity index (χ3v) is 6.81. The standard InChI is InChI=1S/C26H31ClN4O3/c1-15(33)20-12-28-23-9-8-22(17-10-18(14-32)26(34)21(27)11-17)30-25(23)24(20)29-19-6-4-16(5-7-19)13-31(2)3/h8-12,16,19,32,34H,4-7,13-14H2,1-3H3,(H,28,29). The third kappa shape index (κ3) is 5.17. The maximum absolute atomic E-state index is 12.5. The molecule has 1 fully saturated rings. The molecule has 0 spiro atoms. The summed E-state index contributed by atoms with van der Waals surface area (Å²) in [7, 11) is 4.22. The zero-order valence-corrected chi connectivity index (χ0v) is 20.6. The minimum Gasteiger partial charge on any atom is -0.506 e. The lowest BCUT2D eigenvalue weighted by atomic mass is 9.85. The van der Waals surface area contributed by atoms with E-state index in [-0.39, 0.29) is 29.2 Å². The number of carbonyl (C=O) groups excluding carboxylic acids is 1. The summed E-state index contributed by atoms with van der Waals surface area (Å²) in [5.74, 6) is 0.487. The van der Waals surface area contributed by atoms with Gasteiger partial charge in [0.25, 0.3) is 0 Å². The fraction of sp³-hybridized carbons (Fsp3) is 0.423. The molecule has 2 aromatic heterocycles. The molecule has 1 saturated carbocycles. The third-order valence-electron chi connectivity index (χ3n) is 6.52. The van der Waals surface area contributed by atoms with Gasteiger partial charge in [-0.25, -0.2) is 4.98 Å². The molecular formula is C26H31ClN4O3. The maximum atomic E-state index is 12.5. The molecule has 0 bridgehead atoms. The van der Waals surface area contributed by atoms with Gasteiger partial charge in [0.2, 0.25) is 0 Å². The zero-order chi connectivity index (χ0) is 24.4. The van der Waals surface area contributed by atoms with Crippen LogP contribution in [-0.4, -0.2) is 57.5 Å². The molecule has 8 heteroatoms. The average Bonchev–Trinajstić information content (AvgIpc) is 2.81. The van der Waals surface area contributed by atoms with Crippen molar-refractivity contribution in [1.82, 2.24) is 14.9 Å². The number of aromatic hydroxyl groups is 1. The maximum Gasteiger partial charge on any atom is 0.163 e. The van der Waals surface area contributed by atoms with Crippen LogP contribution in [0.2, 0.25) is 5.02 Å². The number of nitrogens with one attached hydrogen (secondary N) is 1. The number of aromatic nitrogens is 2. The number of ketones is 1. The van der Waals surface area contributed by atoms with E-state index in [0.29, 0.717) is 45.0 Å². The predicted molar refractivity (Wildman–Crippen MR) is 135 cm³/mol. The lowest BCUT2D eigenvalue weighted by Crippen LogP contribution is -2.31. The molecule has 180 valence electrons. The molecular weight excluding hydrogens is 452 g/mol. The van der Waals surface area contributed by atoms with Crippen LogP contribution < -0.4 is 5.32 Å². The van der Waals surface area contributed by atoms with Gasteiger partial charge in [0.15, 0.2) is 5.78 Å². The van der Waals surface area contributed by atoms with E-state index in [1.807, 2.05) is 12.1 Å². The smallest absolute Gasteiger partial charge is 0.163 e. The minimum atomic E-state index is -0.341. The Morgan fingerprint density at radius 1 is 1.21 bits per heavy atom. The first-order chi connectivity index (χ1) is 16.3. The summed E-state index contributed by atoms with van der Waals surface area (Å²) in [4.78, 5) is 24.0. The number of nitrogens with zero attached hydrogens (tertiary/aromatic N) is 3. The summed E-state index contributed by atoms with van der Waals surface area (Å²) in [6.07, 6.45) is 5.97. The first kappa shape index (κ1) is 24.4. The molecule has 1 aliphatic rings. The first-order valence-electron chi connectivity index (χ1n) is 11.6. The van der Waals surface area contributed by atoms with Gasteiger partial charge >= 0.3 is 0 Å². The Kier molecular flexibility index (Phi) is 7.36. The number of Topliss-reactive ketones (excluding diaryl/α,β-unsaturated/α-hetero) is 1. The monoisotopic (exact) mass is 482 g/mol. The van der Waals surface area contributed by atoms with Crippen molar-refractivity contribution in [2.45, 2.75) is 45.3 Å². The Bertz CT molecular complexity index is 1210. The second-order valence-electron chi connectivity index (χ2n) is 9.42. The molecule has 0 unspecified atom stereocenters. The highest BCUT2D eigenvalue weighted by atomic mass is 35.5. The van der Waals surface area contributed by atoms with Gasteiger partial charge in [-0.15, -0.1) is 0 Å². The number of aliphatic hydroxyl groups is 1. The second kappa shape index (κ2) is 10.3. The number of carbonyl (C=O) groups is 1. The van der Waals surface area contributed by atoms with Gasteiger partial charge in [-0.2, -0.15) is 0 Å². The van der Waals surface area contributed by atoms with Gasteiger partial charge in [-0.05, 0) is 76.9 Å². The average molecular weight is 483 g/mol. The molecule has 7 nitrogen and oxygen atoms in total. The van der Waals surface area contributed by atoms with E-state index in [9.17, 15) is 15.0 Å². The minimum absolute atomic E-state index is 0.0689. The van der Waals surface area contributed by atoms with Crippen LogP contribution in [-0.2, 0) is 6.61 Å². The number of phenols is 1. The Hall–Kier alpha value is -2.74. The number of hydrogen-bond acceptors (Lipinski definition) is 7. The second-order valence-corrected chi connectivity index (χ2v) is 9.82. The summed E-state index contributed by atoms with van der Waals surface area (Å²) >= 11 is 6.17. The molecule has 3 N–H and O–H groups in total. The zero-order valence-electron chi connectivity index (χ0n) is 19.8. The fourth-order valence-corrected chi connectivity index (χ4v) is 5.01. The van der Waals surface area contributed by atoms with Gasteiger partial charge in [0, 0.05) is 29.9 Å². The molecule has 0 saturated heterocycles. The van der Waals surface area contributed by atoms with Crippen molar-refractivity contribution in [3.63, 3.8) is 0 Å². The number of anilines is 1. The van der Waals surface area contributed by atoms with E-state index in [2.05, 4.69) is 29.3 Å². The highest BCUT2D eigenvalue weighted by Crippen LogP contribution is 2.35. The number of rotatable bonds is 7. The SMILES string of the molecule is CC(=O)c1cnc2ccc(-c3cc(Cl)c(O)c(CO)c3)nc2c1NC1CCC(CN(C)C)CC1. The Balaban J connectivity index is 1.71. The highest BCUT2D eigenvalue weighted by Gasteiger charge is 2.24. The Labute approximate surface area is 204 Å². The highest BCUT2D eigenvalue weighted by molar-refractivity contribution is 6.32. The summed E-state index contributed by atoms with van der Waals surface area (Å²) in [5, 5.41) is 23.4. The van der Waals surface area contributed by atoms with Crippen molar-refractivity contribution in [3.05, 3.63) is 46.6 Å². The Morgan fingerprint density at radius 3 is 2.59 bits per heavy atom. The number of benzene rings is 1. The molecule has 0 radical (unpaired) electrons. The van der Waals surface area contributed by atoms with Crippen LogP contribution in [0.25, 0.3) is 22.3 Å². The number of hydrogen-bond donors (Lipinski definition) is 3. The van der Waals surface area contributed by atoms with Gasteiger partial charge in [-0.1, -0.05) is 11.6 Å². The molecule has 2 heterocycles. The summed E-state index contributed by atoms with van der Waals surface area (Å²) in [6.45, 7) is 2.30. The van der Waals surface area contributed by atoms with Crippen molar-refractivity contribution in [2.24, 2.45) is 5.92 Å². The van der Waals surface area contributed by atoms with Gasteiger partial charge in [-0.3, -0.25) is 9.78 Å². The predicted octanol–water partition coefficient (Wildman–Crippen LogP) is 4.88.